The maximum atomic E-state index is 11.9. The quantitative estimate of drug-likeness (QED) is 0.862. The van der Waals surface area contributed by atoms with Crippen LogP contribution in [0.3, 0.4) is 0 Å². The van der Waals surface area contributed by atoms with Crippen LogP contribution >= 0.6 is 0 Å². The summed E-state index contributed by atoms with van der Waals surface area (Å²) in [5, 5.41) is 11.8. The lowest BCUT2D eigenvalue weighted by molar-refractivity contribution is 0.0697. The first kappa shape index (κ1) is 14.0. The van der Waals surface area contributed by atoms with Crippen LogP contribution in [0.15, 0.2) is 18.2 Å². The number of nitrogens with one attached hydrogen (secondary N) is 1. The lowest BCUT2D eigenvalue weighted by Gasteiger charge is -2.20. The van der Waals surface area contributed by atoms with Gasteiger partial charge in [0.05, 0.1) is 11.3 Å². The van der Waals surface area contributed by atoms with Crippen molar-refractivity contribution < 1.29 is 14.7 Å². The first-order chi connectivity index (χ1) is 8.51. The second kappa shape index (κ2) is 6.05. The van der Waals surface area contributed by atoms with Crippen molar-refractivity contribution in [3.63, 3.8) is 0 Å². The number of urea groups is 1. The van der Waals surface area contributed by atoms with Crippen LogP contribution in [-0.2, 0) is 0 Å². The third kappa shape index (κ3) is 3.00. The Hall–Kier alpha value is -2.04. The van der Waals surface area contributed by atoms with Gasteiger partial charge in [0.15, 0.2) is 0 Å². The highest BCUT2D eigenvalue weighted by atomic mass is 16.4. The molecule has 0 aliphatic carbocycles. The number of carbonyl (C=O) groups excluding carboxylic acids is 1. The van der Waals surface area contributed by atoms with E-state index in [0.717, 1.165) is 0 Å². The molecule has 0 radical (unpaired) electrons. The highest BCUT2D eigenvalue weighted by Gasteiger charge is 2.16. The summed E-state index contributed by atoms with van der Waals surface area (Å²) in [4.78, 5) is 24.6. The first-order valence-corrected chi connectivity index (χ1v) is 5.90. The number of benzene rings is 1. The molecule has 0 spiro atoms. The molecule has 1 aromatic rings. The smallest absolute Gasteiger partial charge is 0.338 e. The molecule has 0 unspecified atom stereocenters. The van der Waals surface area contributed by atoms with Crippen molar-refractivity contribution in [2.24, 2.45) is 0 Å². The van der Waals surface area contributed by atoms with Crippen LogP contribution in [0.1, 0.15) is 29.8 Å². The molecule has 2 amide bonds. The van der Waals surface area contributed by atoms with E-state index in [-0.39, 0.29) is 11.6 Å². The van der Waals surface area contributed by atoms with Gasteiger partial charge in [0.2, 0.25) is 0 Å². The predicted octanol–water partition coefficient (Wildman–Crippen LogP) is 2.57. The fraction of sp³-hybridized carbons (Fsp3) is 0.385. The number of aromatic carboxylic acids is 1. The highest BCUT2D eigenvalue weighted by Crippen LogP contribution is 2.19. The van der Waals surface area contributed by atoms with Gasteiger partial charge in [-0.25, -0.2) is 9.59 Å². The van der Waals surface area contributed by atoms with Gasteiger partial charge in [-0.05, 0) is 32.4 Å². The van der Waals surface area contributed by atoms with Crippen LogP contribution in [0.25, 0.3) is 0 Å². The van der Waals surface area contributed by atoms with E-state index in [1.54, 1.807) is 30.0 Å². The van der Waals surface area contributed by atoms with Crippen LogP contribution in [0.5, 0.6) is 0 Å². The van der Waals surface area contributed by atoms with Crippen molar-refractivity contribution in [2.75, 3.05) is 18.4 Å². The van der Waals surface area contributed by atoms with E-state index in [2.05, 4.69) is 5.32 Å². The van der Waals surface area contributed by atoms with E-state index in [0.29, 0.717) is 24.3 Å². The Morgan fingerprint density at radius 2 is 1.89 bits per heavy atom. The molecule has 98 valence electrons. The topological polar surface area (TPSA) is 69.6 Å². The van der Waals surface area contributed by atoms with Crippen LogP contribution in [0.2, 0.25) is 0 Å². The van der Waals surface area contributed by atoms with Crippen LogP contribution in [-0.4, -0.2) is 35.1 Å². The maximum absolute atomic E-state index is 11.9. The number of carbonyl (C=O) groups is 2. The highest BCUT2D eigenvalue weighted by molar-refractivity contribution is 6.01. The molecule has 0 fully saturated rings. The van der Waals surface area contributed by atoms with E-state index in [9.17, 15) is 9.59 Å². The molecule has 0 bridgehead atoms. The monoisotopic (exact) mass is 250 g/mol. The fourth-order valence-electron chi connectivity index (χ4n) is 1.76. The molecule has 5 nitrogen and oxygen atoms in total. The van der Waals surface area contributed by atoms with Gasteiger partial charge in [0.1, 0.15) is 0 Å². The number of nitrogens with zero attached hydrogens (tertiary/aromatic N) is 1. The lowest BCUT2D eigenvalue weighted by Crippen LogP contribution is -2.34. The summed E-state index contributed by atoms with van der Waals surface area (Å²) in [7, 11) is 0. The molecule has 0 saturated heterocycles. The second-order valence-corrected chi connectivity index (χ2v) is 3.91. The van der Waals surface area contributed by atoms with E-state index in [1.165, 1.54) is 0 Å². The van der Waals surface area contributed by atoms with Gasteiger partial charge < -0.3 is 15.3 Å². The summed E-state index contributed by atoms with van der Waals surface area (Å²) >= 11 is 0. The normalized spacial score (nSPS) is 9.94. The number of carboxylic acids is 1. The lowest BCUT2D eigenvalue weighted by atomic mass is 10.1. The number of hydrogen-bond acceptors (Lipinski definition) is 2. The molecule has 0 saturated carbocycles. The molecule has 18 heavy (non-hydrogen) atoms. The molecule has 1 rings (SSSR count). The van der Waals surface area contributed by atoms with Gasteiger partial charge in [-0.1, -0.05) is 12.1 Å². The van der Waals surface area contributed by atoms with E-state index >= 15 is 0 Å². The Morgan fingerprint density at radius 1 is 1.28 bits per heavy atom. The summed E-state index contributed by atoms with van der Waals surface area (Å²) in [5.74, 6) is -1.04. The van der Waals surface area contributed by atoms with Gasteiger partial charge in [-0.3, -0.25) is 0 Å². The molecule has 1 aromatic carbocycles. The third-order valence-electron chi connectivity index (χ3n) is 2.78. The summed E-state index contributed by atoms with van der Waals surface area (Å²) < 4.78 is 0. The average molecular weight is 250 g/mol. The Balaban J connectivity index is 3.01. The molecule has 2 N–H and O–H groups in total. The minimum absolute atomic E-state index is 0.137. The first-order valence-electron chi connectivity index (χ1n) is 5.90. The Morgan fingerprint density at radius 3 is 2.39 bits per heavy atom. The standard InChI is InChI=1S/C13H18N2O3/c1-4-15(5-2)13(18)14-10-8-6-7-9(3)11(10)12(16)17/h6-8H,4-5H2,1-3H3,(H,14,18)(H,16,17). The molecular formula is C13H18N2O3. The van der Waals surface area contributed by atoms with Crippen molar-refractivity contribution in [3.8, 4) is 0 Å². The molecule has 0 atom stereocenters. The number of rotatable bonds is 4. The third-order valence-corrected chi connectivity index (χ3v) is 2.78. The Labute approximate surface area is 106 Å². The molecule has 5 heteroatoms. The predicted molar refractivity (Wildman–Crippen MR) is 70.1 cm³/mol. The minimum atomic E-state index is -1.04. The number of aryl methyl sites for hydroxylation is 1. The molecule has 0 aliphatic rings. The average Bonchev–Trinajstić information content (AvgIpc) is 2.30. The molecule has 0 heterocycles. The van der Waals surface area contributed by atoms with Gasteiger partial charge in [0.25, 0.3) is 0 Å². The molecular weight excluding hydrogens is 232 g/mol. The van der Waals surface area contributed by atoms with Crippen LogP contribution < -0.4 is 5.32 Å². The van der Waals surface area contributed by atoms with Crippen molar-refractivity contribution in [2.45, 2.75) is 20.8 Å². The SMILES string of the molecule is CCN(CC)C(=O)Nc1cccc(C)c1C(=O)O. The van der Waals surface area contributed by atoms with Crippen LogP contribution in [0.4, 0.5) is 10.5 Å². The Bertz CT molecular complexity index is 454. The molecule has 0 aromatic heterocycles. The zero-order valence-electron chi connectivity index (χ0n) is 10.9. The maximum Gasteiger partial charge on any atom is 0.338 e. The molecule has 0 aliphatic heterocycles. The number of anilines is 1. The van der Waals surface area contributed by atoms with E-state index in [4.69, 9.17) is 5.11 Å². The second-order valence-electron chi connectivity index (χ2n) is 3.91. The van der Waals surface area contributed by atoms with Crippen molar-refractivity contribution in [3.05, 3.63) is 29.3 Å². The minimum Gasteiger partial charge on any atom is -0.478 e. The number of hydrogen-bond donors (Lipinski definition) is 2. The summed E-state index contributed by atoms with van der Waals surface area (Å²) in [6.45, 7) is 6.61. The summed E-state index contributed by atoms with van der Waals surface area (Å²) in [6, 6.07) is 4.74. The van der Waals surface area contributed by atoms with E-state index in [1.807, 2.05) is 13.8 Å². The zero-order valence-corrected chi connectivity index (χ0v) is 10.9. The van der Waals surface area contributed by atoms with Crippen LogP contribution in [0, 0.1) is 6.92 Å². The zero-order chi connectivity index (χ0) is 13.7. The van der Waals surface area contributed by atoms with Gasteiger partial charge >= 0.3 is 12.0 Å². The van der Waals surface area contributed by atoms with Gasteiger partial charge in [0, 0.05) is 13.1 Å². The number of carboxylic acid groups (broad SMARTS) is 1. The Kier molecular flexibility index (Phi) is 4.71. The summed E-state index contributed by atoms with van der Waals surface area (Å²) in [5.41, 5.74) is 1.09. The van der Waals surface area contributed by atoms with Crippen molar-refractivity contribution in [1.82, 2.24) is 4.90 Å². The van der Waals surface area contributed by atoms with E-state index < -0.39 is 5.97 Å². The summed E-state index contributed by atoms with van der Waals surface area (Å²) in [6.07, 6.45) is 0. The van der Waals surface area contributed by atoms with Crippen molar-refractivity contribution in [1.29, 1.82) is 0 Å². The largest absolute Gasteiger partial charge is 0.478 e. The van der Waals surface area contributed by atoms with Gasteiger partial charge in [-0.15, -0.1) is 0 Å². The van der Waals surface area contributed by atoms with Gasteiger partial charge in [-0.2, -0.15) is 0 Å². The fourth-order valence-corrected chi connectivity index (χ4v) is 1.76. The van der Waals surface area contributed by atoms with Crippen molar-refractivity contribution >= 4 is 17.7 Å². The number of amides is 2.